The quantitative estimate of drug-likeness (QED) is 0.822. The highest BCUT2D eigenvalue weighted by atomic mass is 16.5. The normalized spacial score (nSPS) is 17.1. The van der Waals surface area contributed by atoms with Gasteiger partial charge in [-0.2, -0.15) is 5.26 Å². The van der Waals surface area contributed by atoms with Crippen LogP contribution in [0.15, 0.2) is 36.7 Å². The minimum atomic E-state index is -0.185. The number of pyridine rings is 1. The number of amides is 1. The topological polar surface area (TPSA) is 78.7 Å². The zero-order chi connectivity index (χ0) is 17.9. The average molecular weight is 350 g/mol. The lowest BCUT2D eigenvalue weighted by Crippen LogP contribution is -2.36. The summed E-state index contributed by atoms with van der Waals surface area (Å²) in [4.78, 5) is 20.9. The van der Waals surface area contributed by atoms with E-state index >= 15 is 0 Å². The molecule has 0 saturated carbocycles. The van der Waals surface area contributed by atoms with Crippen LogP contribution in [0.4, 0.5) is 11.4 Å². The van der Waals surface area contributed by atoms with E-state index in [0.29, 0.717) is 48.9 Å². The Kier molecular flexibility index (Phi) is 4.42. The molecule has 0 N–H and O–H groups in total. The number of ether oxygens (including phenoxy) is 2. The summed E-state index contributed by atoms with van der Waals surface area (Å²) in [6.45, 7) is 3.75. The lowest BCUT2D eigenvalue weighted by Gasteiger charge is -2.29. The second-order valence-corrected chi connectivity index (χ2v) is 6.09. The van der Waals surface area contributed by atoms with Crippen molar-refractivity contribution in [2.45, 2.75) is 0 Å². The van der Waals surface area contributed by atoms with Crippen molar-refractivity contribution in [1.29, 1.82) is 5.26 Å². The first-order valence-electron chi connectivity index (χ1n) is 8.53. The fourth-order valence-corrected chi connectivity index (χ4v) is 3.24. The molecule has 0 aliphatic carbocycles. The number of anilines is 2. The van der Waals surface area contributed by atoms with Gasteiger partial charge in [-0.05, 0) is 18.2 Å². The number of rotatable bonds is 2. The smallest absolute Gasteiger partial charge is 0.262 e. The zero-order valence-electron chi connectivity index (χ0n) is 14.2. The van der Waals surface area contributed by atoms with Gasteiger partial charge in [0.25, 0.3) is 5.91 Å². The lowest BCUT2D eigenvalue weighted by atomic mass is 10.1. The van der Waals surface area contributed by atoms with E-state index in [1.807, 2.05) is 12.1 Å². The van der Waals surface area contributed by atoms with Crippen molar-refractivity contribution in [1.82, 2.24) is 4.98 Å². The Morgan fingerprint density at radius 3 is 2.77 bits per heavy atom. The van der Waals surface area contributed by atoms with Crippen LogP contribution in [0.1, 0.15) is 15.9 Å². The van der Waals surface area contributed by atoms with Crippen LogP contribution >= 0.6 is 0 Å². The minimum absolute atomic E-state index is 0.185. The fourth-order valence-electron chi connectivity index (χ4n) is 3.24. The summed E-state index contributed by atoms with van der Waals surface area (Å²) in [5, 5.41) is 9.32. The molecule has 3 heterocycles. The van der Waals surface area contributed by atoms with Gasteiger partial charge in [0.05, 0.1) is 42.8 Å². The van der Waals surface area contributed by atoms with Crippen molar-refractivity contribution >= 4 is 17.3 Å². The fraction of sp³-hybridized carbons (Fsp3) is 0.316. The third-order valence-corrected chi connectivity index (χ3v) is 4.60. The maximum absolute atomic E-state index is 13.1. The maximum Gasteiger partial charge on any atom is 0.262 e. The molecule has 1 saturated heterocycles. The van der Waals surface area contributed by atoms with Gasteiger partial charge in [0.1, 0.15) is 18.4 Å². The molecule has 4 rings (SSSR count). The van der Waals surface area contributed by atoms with Gasteiger partial charge in [-0.1, -0.05) is 0 Å². The van der Waals surface area contributed by atoms with Gasteiger partial charge < -0.3 is 19.3 Å². The molecule has 1 amide bonds. The van der Waals surface area contributed by atoms with Crippen LogP contribution in [0.3, 0.4) is 0 Å². The average Bonchev–Trinajstić information content (AvgIpc) is 2.87. The van der Waals surface area contributed by atoms with E-state index in [9.17, 15) is 10.1 Å². The van der Waals surface area contributed by atoms with Crippen molar-refractivity contribution in [3.63, 3.8) is 0 Å². The Balaban J connectivity index is 1.67. The van der Waals surface area contributed by atoms with Crippen LogP contribution in [0, 0.1) is 11.3 Å². The predicted molar refractivity (Wildman–Crippen MR) is 95.6 cm³/mol. The van der Waals surface area contributed by atoms with Crippen molar-refractivity contribution in [3.05, 3.63) is 47.8 Å². The molecule has 0 atom stereocenters. The molecule has 2 aromatic rings. The Bertz CT molecular complexity index is 871. The zero-order valence-corrected chi connectivity index (χ0v) is 14.2. The Morgan fingerprint density at radius 1 is 1.12 bits per heavy atom. The number of hydrogen-bond acceptors (Lipinski definition) is 6. The summed E-state index contributed by atoms with van der Waals surface area (Å²) in [7, 11) is 0. The number of aromatic nitrogens is 1. The minimum Gasteiger partial charge on any atom is -0.491 e. The van der Waals surface area contributed by atoms with Crippen LogP contribution in [0.25, 0.3) is 0 Å². The van der Waals surface area contributed by atoms with Crippen LogP contribution in [0.5, 0.6) is 5.75 Å². The third kappa shape index (κ3) is 2.95. The lowest BCUT2D eigenvalue weighted by molar-refractivity contribution is 0.0989. The molecule has 0 radical (unpaired) electrons. The predicted octanol–water partition coefficient (Wildman–Crippen LogP) is 1.83. The van der Waals surface area contributed by atoms with Gasteiger partial charge >= 0.3 is 0 Å². The first-order chi connectivity index (χ1) is 12.8. The first-order valence-corrected chi connectivity index (χ1v) is 8.53. The maximum atomic E-state index is 13.1. The summed E-state index contributed by atoms with van der Waals surface area (Å²) in [5.41, 5.74) is 2.44. The summed E-state index contributed by atoms with van der Waals surface area (Å²) >= 11 is 0. The molecule has 1 fully saturated rings. The molecule has 0 unspecified atom stereocenters. The van der Waals surface area contributed by atoms with Crippen LogP contribution in [0.2, 0.25) is 0 Å². The number of carbonyl (C=O) groups is 1. The molecule has 1 aromatic carbocycles. The molecule has 1 aromatic heterocycles. The molecule has 2 aliphatic rings. The van der Waals surface area contributed by atoms with Crippen molar-refractivity contribution in [2.75, 3.05) is 49.3 Å². The van der Waals surface area contributed by atoms with Crippen molar-refractivity contribution < 1.29 is 14.3 Å². The molecular weight excluding hydrogens is 332 g/mol. The summed E-state index contributed by atoms with van der Waals surface area (Å²) in [6.07, 6.45) is 3.09. The Morgan fingerprint density at radius 2 is 1.96 bits per heavy atom. The molecular formula is C19H18N4O3. The summed E-state index contributed by atoms with van der Waals surface area (Å²) in [6, 6.07) is 9.37. The SMILES string of the molecule is N#Cc1ccncc1N1CCOc2cc(N3CCOCC3)ccc2C1=O. The Labute approximate surface area is 151 Å². The number of fused-ring (bicyclic) bond motifs is 1. The van der Waals surface area contributed by atoms with Crippen LogP contribution in [-0.4, -0.2) is 50.3 Å². The van der Waals surface area contributed by atoms with Gasteiger partial charge in [-0.3, -0.25) is 9.78 Å². The first kappa shape index (κ1) is 16.4. The summed E-state index contributed by atoms with van der Waals surface area (Å²) in [5.74, 6) is 0.388. The van der Waals surface area contributed by atoms with E-state index in [1.54, 1.807) is 29.4 Å². The molecule has 2 aliphatic heterocycles. The van der Waals surface area contributed by atoms with Gasteiger partial charge in [-0.25, -0.2) is 0 Å². The standard InChI is InChI=1S/C19H18N4O3/c20-12-14-3-4-21-13-17(14)23-7-10-26-18-11-15(1-2-16(18)19(23)24)22-5-8-25-9-6-22/h1-4,11,13H,5-10H2. The third-order valence-electron chi connectivity index (χ3n) is 4.60. The van der Waals surface area contributed by atoms with Gasteiger partial charge in [0, 0.05) is 31.0 Å². The molecule has 7 nitrogen and oxygen atoms in total. The van der Waals surface area contributed by atoms with E-state index < -0.39 is 0 Å². The molecule has 0 spiro atoms. The number of benzene rings is 1. The van der Waals surface area contributed by atoms with E-state index in [4.69, 9.17) is 9.47 Å². The number of morpholine rings is 1. The van der Waals surface area contributed by atoms with E-state index in [0.717, 1.165) is 18.8 Å². The van der Waals surface area contributed by atoms with Crippen LogP contribution < -0.4 is 14.5 Å². The summed E-state index contributed by atoms with van der Waals surface area (Å²) < 4.78 is 11.2. The highest BCUT2D eigenvalue weighted by molar-refractivity contribution is 6.09. The molecule has 0 bridgehead atoms. The monoisotopic (exact) mass is 350 g/mol. The van der Waals surface area contributed by atoms with E-state index in [-0.39, 0.29) is 5.91 Å². The van der Waals surface area contributed by atoms with Gasteiger partial charge in [0.15, 0.2) is 0 Å². The number of nitriles is 1. The Hall–Kier alpha value is -3.11. The highest BCUT2D eigenvalue weighted by Gasteiger charge is 2.27. The number of nitrogens with zero attached hydrogens (tertiary/aromatic N) is 4. The largest absolute Gasteiger partial charge is 0.491 e. The van der Waals surface area contributed by atoms with E-state index in [2.05, 4.69) is 16.0 Å². The van der Waals surface area contributed by atoms with Crippen molar-refractivity contribution in [3.8, 4) is 11.8 Å². The molecule has 26 heavy (non-hydrogen) atoms. The van der Waals surface area contributed by atoms with Crippen LogP contribution in [-0.2, 0) is 4.74 Å². The van der Waals surface area contributed by atoms with Gasteiger partial charge in [0.2, 0.25) is 0 Å². The van der Waals surface area contributed by atoms with E-state index in [1.165, 1.54) is 0 Å². The molecule has 132 valence electrons. The highest BCUT2D eigenvalue weighted by Crippen LogP contribution is 2.31. The number of carbonyl (C=O) groups excluding carboxylic acids is 1. The number of hydrogen-bond donors (Lipinski definition) is 0. The molecule has 7 heteroatoms. The van der Waals surface area contributed by atoms with Gasteiger partial charge in [-0.15, -0.1) is 0 Å². The van der Waals surface area contributed by atoms with Crippen molar-refractivity contribution in [2.24, 2.45) is 0 Å². The second-order valence-electron chi connectivity index (χ2n) is 6.09. The second kappa shape index (κ2) is 7.02.